The van der Waals surface area contributed by atoms with E-state index in [1.54, 1.807) is 25.1 Å². The number of hydrogen-bond acceptors (Lipinski definition) is 7. The topological polar surface area (TPSA) is 109 Å². The van der Waals surface area contributed by atoms with Gasteiger partial charge in [-0.1, -0.05) is 29.8 Å². The number of halogens is 1. The Labute approximate surface area is 186 Å². The van der Waals surface area contributed by atoms with Gasteiger partial charge in [-0.15, -0.1) is 0 Å². The maximum absolute atomic E-state index is 13.1. The molecule has 0 fully saturated rings. The van der Waals surface area contributed by atoms with Gasteiger partial charge in [-0.25, -0.2) is 4.98 Å². The number of ether oxygens (including phenoxy) is 2. The summed E-state index contributed by atoms with van der Waals surface area (Å²) in [7, 11) is 1.34. The summed E-state index contributed by atoms with van der Waals surface area (Å²) in [5.74, 6) is 0.644. The zero-order valence-electron chi connectivity index (χ0n) is 17.5. The molecule has 1 heterocycles. The van der Waals surface area contributed by atoms with Crippen LogP contribution in [0, 0.1) is 10.1 Å². The van der Waals surface area contributed by atoms with Crippen LogP contribution < -0.4 is 15.0 Å². The number of nitro groups is 1. The minimum atomic E-state index is -0.556. The zero-order chi connectivity index (χ0) is 22.7. The van der Waals surface area contributed by atoms with Crippen molar-refractivity contribution in [1.82, 2.24) is 9.66 Å². The van der Waals surface area contributed by atoms with Crippen molar-refractivity contribution >= 4 is 38.7 Å². The summed E-state index contributed by atoms with van der Waals surface area (Å²) < 4.78 is 12.6. The maximum Gasteiger partial charge on any atom is 0.315 e. The van der Waals surface area contributed by atoms with Crippen LogP contribution in [0.2, 0.25) is 0 Å². The highest BCUT2D eigenvalue weighted by Gasteiger charge is 2.21. The molecule has 3 rings (SSSR count). The standard InChI is InChI=1S/C21H21BrN4O5/c1-5-31-18-9-13(8-17(26(28)29)19(18)30-4)11-23-25-20(12(2)3)24-16-7-6-14(22)10-15(16)21(25)27/h6-12H,5H2,1-4H3. The normalized spacial score (nSPS) is 11.4. The molecule has 0 N–H and O–H groups in total. The molecular weight excluding hydrogens is 468 g/mol. The van der Waals surface area contributed by atoms with Gasteiger partial charge in [0, 0.05) is 22.0 Å². The molecule has 0 aliphatic rings. The third-order valence-electron chi connectivity index (χ3n) is 4.43. The molecule has 0 radical (unpaired) electrons. The van der Waals surface area contributed by atoms with E-state index in [9.17, 15) is 14.9 Å². The summed E-state index contributed by atoms with van der Waals surface area (Å²) in [5, 5.41) is 16.2. The number of hydrogen-bond donors (Lipinski definition) is 0. The average molecular weight is 489 g/mol. The van der Waals surface area contributed by atoms with Crippen molar-refractivity contribution in [3.05, 3.63) is 66.7 Å². The van der Waals surface area contributed by atoms with Gasteiger partial charge < -0.3 is 9.47 Å². The first-order valence-corrected chi connectivity index (χ1v) is 10.3. The van der Waals surface area contributed by atoms with Crippen LogP contribution in [0.3, 0.4) is 0 Å². The van der Waals surface area contributed by atoms with Gasteiger partial charge in [-0.05, 0) is 31.2 Å². The number of aromatic nitrogens is 2. The van der Waals surface area contributed by atoms with Crippen molar-refractivity contribution in [2.24, 2.45) is 5.10 Å². The lowest BCUT2D eigenvalue weighted by Gasteiger charge is -2.12. The third kappa shape index (κ3) is 4.58. The van der Waals surface area contributed by atoms with E-state index in [-0.39, 0.29) is 28.7 Å². The number of fused-ring (bicyclic) bond motifs is 1. The number of nitrogens with zero attached hydrogens (tertiary/aromatic N) is 4. The molecular formula is C21H21BrN4O5. The van der Waals surface area contributed by atoms with E-state index >= 15 is 0 Å². The molecule has 0 saturated heterocycles. The molecule has 0 unspecified atom stereocenters. The summed E-state index contributed by atoms with van der Waals surface area (Å²) in [6, 6.07) is 8.16. The second-order valence-electron chi connectivity index (χ2n) is 6.91. The molecule has 0 spiro atoms. The Balaban J connectivity index is 2.19. The van der Waals surface area contributed by atoms with E-state index in [1.165, 1.54) is 24.1 Å². The molecule has 2 aromatic carbocycles. The molecule has 0 amide bonds. The highest BCUT2D eigenvalue weighted by molar-refractivity contribution is 9.10. The summed E-state index contributed by atoms with van der Waals surface area (Å²) in [5.41, 5.74) is 0.361. The van der Waals surface area contributed by atoms with E-state index in [0.29, 0.717) is 28.9 Å². The molecule has 9 nitrogen and oxygen atoms in total. The van der Waals surface area contributed by atoms with Crippen molar-refractivity contribution in [1.29, 1.82) is 0 Å². The third-order valence-corrected chi connectivity index (χ3v) is 4.92. The quantitative estimate of drug-likeness (QED) is 0.275. The van der Waals surface area contributed by atoms with Crippen molar-refractivity contribution in [2.75, 3.05) is 13.7 Å². The van der Waals surface area contributed by atoms with Crippen LogP contribution in [-0.4, -0.2) is 34.5 Å². The smallest absolute Gasteiger partial charge is 0.315 e. The number of rotatable bonds is 7. The number of nitro benzene ring substituents is 1. The van der Waals surface area contributed by atoms with Crippen molar-refractivity contribution < 1.29 is 14.4 Å². The van der Waals surface area contributed by atoms with Crippen molar-refractivity contribution in [3.63, 3.8) is 0 Å². The Morgan fingerprint density at radius 1 is 1.32 bits per heavy atom. The molecule has 162 valence electrons. The van der Waals surface area contributed by atoms with E-state index in [0.717, 1.165) is 4.47 Å². The Bertz CT molecular complexity index is 1240. The van der Waals surface area contributed by atoms with E-state index in [1.807, 2.05) is 19.9 Å². The van der Waals surface area contributed by atoms with Gasteiger partial charge >= 0.3 is 5.69 Å². The molecule has 0 atom stereocenters. The number of benzene rings is 2. The monoisotopic (exact) mass is 488 g/mol. The predicted molar refractivity (Wildman–Crippen MR) is 122 cm³/mol. The first-order chi connectivity index (χ1) is 14.8. The van der Waals surface area contributed by atoms with Crippen LogP contribution in [0.1, 0.15) is 38.1 Å². The molecule has 3 aromatic rings. The summed E-state index contributed by atoms with van der Waals surface area (Å²) in [6.07, 6.45) is 1.37. The van der Waals surface area contributed by atoms with Gasteiger partial charge in [0.1, 0.15) is 5.82 Å². The zero-order valence-corrected chi connectivity index (χ0v) is 19.0. The van der Waals surface area contributed by atoms with Gasteiger partial charge in [0.05, 0.1) is 35.8 Å². The first kappa shape index (κ1) is 22.4. The van der Waals surface area contributed by atoms with Crippen LogP contribution in [-0.2, 0) is 0 Å². The largest absolute Gasteiger partial charge is 0.490 e. The predicted octanol–water partition coefficient (Wildman–Crippen LogP) is 4.48. The first-order valence-electron chi connectivity index (χ1n) is 9.52. The molecule has 31 heavy (non-hydrogen) atoms. The Hall–Kier alpha value is -3.27. The molecule has 0 aliphatic heterocycles. The van der Waals surface area contributed by atoms with Crippen LogP contribution in [0.15, 0.2) is 44.7 Å². The highest BCUT2D eigenvalue weighted by atomic mass is 79.9. The second-order valence-corrected chi connectivity index (χ2v) is 7.82. The van der Waals surface area contributed by atoms with Gasteiger partial charge in [0.2, 0.25) is 5.75 Å². The summed E-state index contributed by atoms with van der Waals surface area (Å²) >= 11 is 3.37. The van der Waals surface area contributed by atoms with Gasteiger partial charge in [-0.3, -0.25) is 14.9 Å². The minimum absolute atomic E-state index is 0.0289. The van der Waals surface area contributed by atoms with Crippen LogP contribution in [0.25, 0.3) is 10.9 Å². The van der Waals surface area contributed by atoms with E-state index in [4.69, 9.17) is 9.47 Å². The average Bonchev–Trinajstić information content (AvgIpc) is 2.73. The van der Waals surface area contributed by atoms with Gasteiger partial charge in [-0.2, -0.15) is 9.78 Å². The van der Waals surface area contributed by atoms with Gasteiger partial charge in [0.25, 0.3) is 5.56 Å². The maximum atomic E-state index is 13.1. The van der Waals surface area contributed by atoms with E-state index in [2.05, 4.69) is 26.0 Å². The Morgan fingerprint density at radius 2 is 2.06 bits per heavy atom. The minimum Gasteiger partial charge on any atom is -0.490 e. The van der Waals surface area contributed by atoms with Crippen molar-refractivity contribution in [2.45, 2.75) is 26.7 Å². The fourth-order valence-corrected chi connectivity index (χ4v) is 3.42. The molecule has 0 bridgehead atoms. The lowest BCUT2D eigenvalue weighted by molar-refractivity contribution is -0.385. The Morgan fingerprint density at radius 3 is 2.68 bits per heavy atom. The molecule has 10 heteroatoms. The van der Waals surface area contributed by atoms with Crippen molar-refractivity contribution in [3.8, 4) is 11.5 Å². The fraction of sp³-hybridized carbons (Fsp3) is 0.286. The molecule has 0 aliphatic carbocycles. The highest BCUT2D eigenvalue weighted by Crippen LogP contribution is 2.37. The molecule has 1 aromatic heterocycles. The summed E-state index contributed by atoms with van der Waals surface area (Å²) in [4.78, 5) is 28.6. The van der Waals surface area contributed by atoms with E-state index < -0.39 is 4.92 Å². The lowest BCUT2D eigenvalue weighted by atomic mass is 10.1. The lowest BCUT2D eigenvalue weighted by Crippen LogP contribution is -2.23. The van der Waals surface area contributed by atoms with Crippen LogP contribution in [0.5, 0.6) is 11.5 Å². The van der Waals surface area contributed by atoms with Gasteiger partial charge in [0.15, 0.2) is 5.75 Å². The second kappa shape index (κ2) is 9.25. The SMILES string of the molecule is CCOc1cc(C=Nn2c(C(C)C)nc3ccc(Br)cc3c2=O)cc([N+](=O)[O-])c1OC. The Kier molecular flexibility index (Phi) is 6.69. The fourth-order valence-electron chi connectivity index (χ4n) is 3.06. The van der Waals surface area contributed by atoms with Crippen LogP contribution >= 0.6 is 15.9 Å². The number of methoxy groups -OCH3 is 1. The van der Waals surface area contributed by atoms with Crippen LogP contribution in [0.4, 0.5) is 5.69 Å². The summed E-state index contributed by atoms with van der Waals surface area (Å²) in [6.45, 7) is 5.88. The molecule has 0 saturated carbocycles.